The number of aromatic nitrogens is 1. The monoisotopic (exact) mass is 248 g/mol. The summed E-state index contributed by atoms with van der Waals surface area (Å²) >= 11 is 0. The first-order chi connectivity index (χ1) is 7.43. The molecular formula is C9H16N2O4S. The Morgan fingerprint density at radius 3 is 2.81 bits per heavy atom. The fourth-order valence-electron chi connectivity index (χ4n) is 1.28. The van der Waals surface area contributed by atoms with Gasteiger partial charge in [-0.05, 0) is 20.3 Å². The third kappa shape index (κ3) is 4.30. The number of nitrogens with zero attached hydrogens (tertiary/aromatic N) is 1. The minimum Gasteiger partial charge on any atom is -0.396 e. The zero-order chi connectivity index (χ0) is 12.2. The molecule has 0 fully saturated rings. The minimum atomic E-state index is -3.43. The third-order valence-electron chi connectivity index (χ3n) is 1.96. The van der Waals surface area contributed by atoms with Crippen LogP contribution in [0.3, 0.4) is 0 Å². The number of aliphatic hydroxyl groups excluding tert-OH is 1. The average molecular weight is 248 g/mol. The van der Waals surface area contributed by atoms with E-state index in [0.717, 1.165) is 0 Å². The molecule has 1 rings (SSSR count). The van der Waals surface area contributed by atoms with Gasteiger partial charge in [0.05, 0.1) is 0 Å². The smallest absolute Gasteiger partial charge is 0.217 e. The van der Waals surface area contributed by atoms with Crippen LogP contribution in [0.25, 0.3) is 0 Å². The number of rotatable bonds is 6. The van der Waals surface area contributed by atoms with Gasteiger partial charge in [-0.3, -0.25) is 0 Å². The fraction of sp³-hybridized carbons (Fsp3) is 0.667. The molecule has 0 aliphatic carbocycles. The average Bonchev–Trinajstić information content (AvgIpc) is 2.49. The second-order valence-electron chi connectivity index (χ2n) is 3.72. The molecule has 16 heavy (non-hydrogen) atoms. The maximum atomic E-state index is 11.6. The van der Waals surface area contributed by atoms with Crippen LogP contribution in [0.4, 0.5) is 0 Å². The van der Waals surface area contributed by atoms with Crippen LogP contribution >= 0.6 is 0 Å². The van der Waals surface area contributed by atoms with Crippen molar-refractivity contribution >= 4 is 10.0 Å². The van der Waals surface area contributed by atoms with Crippen molar-refractivity contribution in [3.8, 4) is 0 Å². The van der Waals surface area contributed by atoms with Crippen molar-refractivity contribution in [2.24, 2.45) is 0 Å². The summed E-state index contributed by atoms with van der Waals surface area (Å²) in [5.74, 6) is 0.369. The van der Waals surface area contributed by atoms with Gasteiger partial charge in [0, 0.05) is 18.7 Å². The van der Waals surface area contributed by atoms with Crippen molar-refractivity contribution in [1.82, 2.24) is 9.88 Å². The first kappa shape index (κ1) is 13.1. The quantitative estimate of drug-likeness (QED) is 0.748. The Hall–Kier alpha value is -0.920. The fourth-order valence-corrected chi connectivity index (χ4v) is 2.62. The summed E-state index contributed by atoms with van der Waals surface area (Å²) in [4.78, 5) is 0. The largest absolute Gasteiger partial charge is 0.396 e. The van der Waals surface area contributed by atoms with Crippen LogP contribution in [0.1, 0.15) is 24.8 Å². The summed E-state index contributed by atoms with van der Waals surface area (Å²) in [6.07, 6.45) is 0.386. The van der Waals surface area contributed by atoms with Crippen molar-refractivity contribution in [3.63, 3.8) is 0 Å². The van der Waals surface area contributed by atoms with Gasteiger partial charge in [-0.15, -0.1) is 0 Å². The van der Waals surface area contributed by atoms with E-state index >= 15 is 0 Å². The summed E-state index contributed by atoms with van der Waals surface area (Å²) in [5, 5.41) is 12.3. The number of aryl methyl sites for hydroxylation is 1. The standard InChI is InChI=1S/C9H16N2O4S/c1-7(3-4-12)11-16(13,14)6-9-5-8(2)15-10-9/h5,7,11-12H,3-4,6H2,1-2H3. The minimum absolute atomic E-state index is 0.0489. The molecule has 0 saturated carbocycles. The number of hydrogen-bond acceptors (Lipinski definition) is 5. The summed E-state index contributed by atoms with van der Waals surface area (Å²) in [7, 11) is -3.43. The second kappa shape index (κ2) is 5.42. The normalized spacial score (nSPS) is 13.9. The van der Waals surface area contributed by atoms with Crippen molar-refractivity contribution in [1.29, 1.82) is 0 Å². The maximum Gasteiger partial charge on any atom is 0.217 e. The van der Waals surface area contributed by atoms with Gasteiger partial charge >= 0.3 is 0 Å². The Bertz CT molecular complexity index is 426. The molecule has 0 spiro atoms. The van der Waals surface area contributed by atoms with E-state index in [9.17, 15) is 8.42 Å². The van der Waals surface area contributed by atoms with Gasteiger partial charge in [0.15, 0.2) is 0 Å². The van der Waals surface area contributed by atoms with Crippen LogP contribution in [0.2, 0.25) is 0 Å². The number of aliphatic hydroxyl groups is 1. The SMILES string of the molecule is Cc1cc(CS(=O)(=O)NC(C)CCO)no1. The molecule has 7 heteroatoms. The second-order valence-corrected chi connectivity index (χ2v) is 5.47. The maximum absolute atomic E-state index is 11.6. The molecule has 1 heterocycles. The molecule has 0 saturated heterocycles. The van der Waals surface area contributed by atoms with E-state index < -0.39 is 10.0 Å². The lowest BCUT2D eigenvalue weighted by molar-refractivity contribution is 0.275. The molecule has 0 aromatic carbocycles. The highest BCUT2D eigenvalue weighted by atomic mass is 32.2. The first-order valence-electron chi connectivity index (χ1n) is 4.96. The summed E-state index contributed by atoms with van der Waals surface area (Å²) < 4.78 is 30.5. The number of hydrogen-bond donors (Lipinski definition) is 2. The predicted octanol–water partition coefficient (Wildman–Crippen LogP) is 0.173. The van der Waals surface area contributed by atoms with Crippen molar-refractivity contribution in [2.75, 3.05) is 6.61 Å². The van der Waals surface area contributed by atoms with Gasteiger partial charge in [-0.2, -0.15) is 0 Å². The lowest BCUT2D eigenvalue weighted by atomic mass is 10.3. The summed E-state index contributed by atoms with van der Waals surface area (Å²) in [5.41, 5.74) is 0.376. The van der Waals surface area contributed by atoms with Crippen LogP contribution < -0.4 is 4.72 Å². The van der Waals surface area contributed by atoms with Gasteiger partial charge in [-0.1, -0.05) is 5.16 Å². The third-order valence-corrected chi connectivity index (χ3v) is 3.39. The van der Waals surface area contributed by atoms with E-state index in [1.807, 2.05) is 0 Å². The van der Waals surface area contributed by atoms with E-state index in [1.54, 1.807) is 19.9 Å². The molecule has 1 unspecified atom stereocenters. The molecule has 0 radical (unpaired) electrons. The van der Waals surface area contributed by atoms with Crippen LogP contribution in [-0.4, -0.2) is 31.3 Å². The van der Waals surface area contributed by atoms with Crippen LogP contribution in [0.5, 0.6) is 0 Å². The zero-order valence-electron chi connectivity index (χ0n) is 9.30. The Labute approximate surface area is 94.7 Å². The molecule has 6 nitrogen and oxygen atoms in total. The van der Waals surface area contributed by atoms with Gasteiger partial charge in [0.1, 0.15) is 17.2 Å². The van der Waals surface area contributed by atoms with Crippen molar-refractivity contribution < 1.29 is 18.0 Å². The van der Waals surface area contributed by atoms with Gasteiger partial charge in [0.25, 0.3) is 0 Å². The molecule has 0 aliphatic heterocycles. The number of nitrogens with one attached hydrogen (secondary N) is 1. The van der Waals surface area contributed by atoms with E-state index in [0.29, 0.717) is 17.9 Å². The molecule has 1 aromatic rings. The molecule has 0 amide bonds. The van der Waals surface area contributed by atoms with E-state index in [4.69, 9.17) is 9.63 Å². The predicted molar refractivity (Wildman–Crippen MR) is 58.2 cm³/mol. The van der Waals surface area contributed by atoms with Crippen molar-refractivity contribution in [3.05, 3.63) is 17.5 Å². The first-order valence-corrected chi connectivity index (χ1v) is 6.61. The number of sulfonamides is 1. The van der Waals surface area contributed by atoms with E-state index in [-0.39, 0.29) is 18.4 Å². The van der Waals surface area contributed by atoms with E-state index in [1.165, 1.54) is 0 Å². The lowest BCUT2D eigenvalue weighted by Crippen LogP contribution is -2.34. The highest BCUT2D eigenvalue weighted by molar-refractivity contribution is 7.88. The Morgan fingerprint density at radius 1 is 1.62 bits per heavy atom. The van der Waals surface area contributed by atoms with E-state index in [2.05, 4.69) is 9.88 Å². The molecular weight excluding hydrogens is 232 g/mol. The van der Waals surface area contributed by atoms with Crippen molar-refractivity contribution in [2.45, 2.75) is 32.1 Å². The molecule has 2 N–H and O–H groups in total. The van der Waals surface area contributed by atoms with Gasteiger partial charge < -0.3 is 9.63 Å². The van der Waals surface area contributed by atoms with Crippen LogP contribution in [-0.2, 0) is 15.8 Å². The highest BCUT2D eigenvalue weighted by Crippen LogP contribution is 2.06. The molecule has 0 bridgehead atoms. The summed E-state index contributed by atoms with van der Waals surface area (Å²) in [6.45, 7) is 3.35. The molecule has 92 valence electrons. The summed E-state index contributed by atoms with van der Waals surface area (Å²) in [6, 6.07) is 1.29. The molecule has 1 atom stereocenters. The molecule has 1 aromatic heterocycles. The Balaban J connectivity index is 2.58. The molecule has 0 aliphatic rings. The van der Waals surface area contributed by atoms with Gasteiger partial charge in [0.2, 0.25) is 10.0 Å². The topological polar surface area (TPSA) is 92.4 Å². The van der Waals surface area contributed by atoms with Gasteiger partial charge in [-0.25, -0.2) is 13.1 Å². The zero-order valence-corrected chi connectivity index (χ0v) is 10.1. The lowest BCUT2D eigenvalue weighted by Gasteiger charge is -2.11. The highest BCUT2D eigenvalue weighted by Gasteiger charge is 2.17. The van der Waals surface area contributed by atoms with Crippen LogP contribution in [0.15, 0.2) is 10.6 Å². The Morgan fingerprint density at radius 2 is 2.31 bits per heavy atom. The Kier molecular flexibility index (Phi) is 4.45. The van der Waals surface area contributed by atoms with Crippen LogP contribution in [0, 0.1) is 6.92 Å².